The highest BCUT2D eigenvalue weighted by molar-refractivity contribution is 6.31. The zero-order valence-electron chi connectivity index (χ0n) is 13.4. The fourth-order valence-electron chi connectivity index (χ4n) is 2.49. The van der Waals surface area contributed by atoms with Gasteiger partial charge in [0, 0.05) is 22.9 Å². The number of carbonyl (C=O) groups is 2. The zero-order valence-corrected chi connectivity index (χ0v) is 14.1. The van der Waals surface area contributed by atoms with Crippen LogP contribution in [0.25, 0.3) is 10.9 Å². The molecule has 1 aromatic heterocycles. The Labute approximate surface area is 151 Å². The van der Waals surface area contributed by atoms with Gasteiger partial charge < -0.3 is 14.5 Å². The lowest BCUT2D eigenvalue weighted by Crippen LogP contribution is -2.08. The van der Waals surface area contributed by atoms with Crippen LogP contribution in [0, 0.1) is 0 Å². The number of aromatic amines is 1. The number of H-pyrrole nitrogens is 1. The number of ketones is 1. The number of alkyl halides is 2. The van der Waals surface area contributed by atoms with Crippen molar-refractivity contribution in [1.82, 2.24) is 4.98 Å². The second-order valence-electron chi connectivity index (χ2n) is 5.34. The average Bonchev–Trinajstić information content (AvgIpc) is 2.91. The number of rotatable bonds is 5. The van der Waals surface area contributed by atoms with Crippen LogP contribution in [0.5, 0.6) is 11.5 Å². The lowest BCUT2D eigenvalue weighted by atomic mass is 10.1. The Hall–Kier alpha value is -2.93. The minimum absolute atomic E-state index is 0.0556. The number of benzene rings is 2. The van der Waals surface area contributed by atoms with E-state index in [1.807, 2.05) is 0 Å². The van der Waals surface area contributed by atoms with E-state index >= 15 is 0 Å². The molecule has 0 saturated carbocycles. The molecule has 0 aliphatic heterocycles. The number of carbonyl (C=O) groups excluding carboxylic acids is 2. The maximum Gasteiger partial charge on any atom is 0.387 e. The van der Waals surface area contributed by atoms with Crippen molar-refractivity contribution in [1.29, 1.82) is 0 Å². The smallest absolute Gasteiger partial charge is 0.387 e. The van der Waals surface area contributed by atoms with Crippen molar-refractivity contribution in [2.75, 3.05) is 0 Å². The molecule has 26 heavy (non-hydrogen) atoms. The van der Waals surface area contributed by atoms with Crippen molar-refractivity contribution < 1.29 is 27.8 Å². The first-order valence-electron chi connectivity index (χ1n) is 7.44. The summed E-state index contributed by atoms with van der Waals surface area (Å²) in [6.07, 6.45) is 0. The van der Waals surface area contributed by atoms with E-state index in [-0.39, 0.29) is 22.8 Å². The second-order valence-corrected chi connectivity index (χ2v) is 5.78. The predicted octanol–water partition coefficient (Wildman–Crippen LogP) is 4.58. The molecule has 0 saturated heterocycles. The molecule has 134 valence electrons. The van der Waals surface area contributed by atoms with Gasteiger partial charge in [0.05, 0.1) is 5.52 Å². The molecule has 0 amide bonds. The van der Waals surface area contributed by atoms with Gasteiger partial charge in [-0.05, 0) is 42.5 Å². The van der Waals surface area contributed by atoms with Gasteiger partial charge in [0.1, 0.15) is 11.4 Å². The summed E-state index contributed by atoms with van der Waals surface area (Å²) in [5.74, 6) is -1.05. The van der Waals surface area contributed by atoms with Gasteiger partial charge in [-0.25, -0.2) is 0 Å². The molecule has 2 aromatic carbocycles. The van der Waals surface area contributed by atoms with Gasteiger partial charge in [-0.1, -0.05) is 11.6 Å². The third-order valence-corrected chi connectivity index (χ3v) is 3.76. The number of nitrogens with one attached hydrogen (secondary N) is 1. The summed E-state index contributed by atoms with van der Waals surface area (Å²) in [6.45, 7) is -1.73. The largest absolute Gasteiger partial charge is 0.435 e. The molecular weight excluding hydrogens is 368 g/mol. The van der Waals surface area contributed by atoms with E-state index < -0.39 is 18.4 Å². The molecule has 3 aromatic rings. The monoisotopic (exact) mass is 379 g/mol. The zero-order chi connectivity index (χ0) is 18.8. The minimum atomic E-state index is -2.95. The van der Waals surface area contributed by atoms with Crippen LogP contribution in [-0.4, -0.2) is 23.3 Å². The fraction of sp³-hybridized carbons (Fsp3) is 0.111. The molecular formula is C18H12ClF2NO4. The normalized spacial score (nSPS) is 11.0. The molecule has 0 radical (unpaired) electrons. The molecule has 0 unspecified atom stereocenters. The van der Waals surface area contributed by atoms with E-state index in [1.165, 1.54) is 31.2 Å². The Morgan fingerprint density at radius 3 is 2.42 bits per heavy atom. The maximum atomic E-state index is 12.8. The summed E-state index contributed by atoms with van der Waals surface area (Å²) in [5, 5.41) is 0.964. The van der Waals surface area contributed by atoms with Crippen molar-refractivity contribution >= 4 is 34.3 Å². The van der Waals surface area contributed by atoms with Crippen LogP contribution in [0.2, 0.25) is 5.02 Å². The Bertz CT molecular complexity index is 983. The van der Waals surface area contributed by atoms with Gasteiger partial charge in [-0.2, -0.15) is 8.78 Å². The lowest BCUT2D eigenvalue weighted by Gasteiger charge is -2.06. The Morgan fingerprint density at radius 1 is 1.12 bits per heavy atom. The number of esters is 1. The quantitative estimate of drug-likeness (QED) is 0.520. The average molecular weight is 380 g/mol. The van der Waals surface area contributed by atoms with E-state index in [9.17, 15) is 18.4 Å². The van der Waals surface area contributed by atoms with E-state index in [4.69, 9.17) is 16.3 Å². The fourth-order valence-corrected chi connectivity index (χ4v) is 2.66. The van der Waals surface area contributed by atoms with Crippen LogP contribution in [0.15, 0.2) is 42.5 Å². The van der Waals surface area contributed by atoms with Crippen molar-refractivity contribution in [3.63, 3.8) is 0 Å². The highest BCUT2D eigenvalue weighted by Crippen LogP contribution is 2.33. The summed E-state index contributed by atoms with van der Waals surface area (Å²) >= 11 is 5.95. The van der Waals surface area contributed by atoms with Crippen LogP contribution in [0.1, 0.15) is 23.0 Å². The molecule has 0 fully saturated rings. The number of fused-ring (bicyclic) bond motifs is 1. The van der Waals surface area contributed by atoms with Crippen LogP contribution in [0.3, 0.4) is 0 Å². The van der Waals surface area contributed by atoms with E-state index in [2.05, 4.69) is 9.72 Å². The molecule has 0 spiro atoms. The summed E-state index contributed by atoms with van der Waals surface area (Å²) < 4.78 is 33.9. The van der Waals surface area contributed by atoms with Crippen LogP contribution >= 0.6 is 11.6 Å². The van der Waals surface area contributed by atoms with Crippen molar-refractivity contribution in [3.05, 3.63) is 58.7 Å². The number of halogens is 3. The molecule has 0 aliphatic rings. The molecule has 8 heteroatoms. The molecule has 0 atom stereocenters. The first kappa shape index (κ1) is 17.9. The minimum Gasteiger partial charge on any atom is -0.435 e. The second kappa shape index (κ2) is 7.13. The predicted molar refractivity (Wildman–Crippen MR) is 91.1 cm³/mol. The van der Waals surface area contributed by atoms with Gasteiger partial charge in [0.25, 0.3) is 0 Å². The van der Waals surface area contributed by atoms with Crippen molar-refractivity contribution in [3.8, 4) is 11.5 Å². The first-order chi connectivity index (χ1) is 12.3. The van der Waals surface area contributed by atoms with Crippen LogP contribution < -0.4 is 9.47 Å². The molecule has 0 bridgehead atoms. The SMILES string of the molecule is CC(=O)Oc1c(C(=O)c2ccc(OC(F)F)cc2)[nH]c2cc(Cl)ccc12. The molecule has 5 nitrogen and oxygen atoms in total. The Kier molecular flexibility index (Phi) is 4.90. The topological polar surface area (TPSA) is 68.4 Å². The molecule has 0 aliphatic carbocycles. The Morgan fingerprint density at radius 2 is 1.81 bits per heavy atom. The van der Waals surface area contributed by atoms with Gasteiger partial charge in [0.2, 0.25) is 5.78 Å². The number of ether oxygens (including phenoxy) is 2. The van der Waals surface area contributed by atoms with E-state index in [0.717, 1.165) is 0 Å². The number of aromatic nitrogens is 1. The summed E-state index contributed by atoms with van der Waals surface area (Å²) in [5.41, 5.74) is 0.785. The first-order valence-corrected chi connectivity index (χ1v) is 7.82. The van der Waals surface area contributed by atoms with Crippen LogP contribution in [0.4, 0.5) is 8.78 Å². The lowest BCUT2D eigenvalue weighted by molar-refractivity contribution is -0.131. The summed E-state index contributed by atoms with van der Waals surface area (Å²) in [6, 6.07) is 10.0. The maximum absolute atomic E-state index is 12.8. The third kappa shape index (κ3) is 3.67. The van der Waals surface area contributed by atoms with Gasteiger partial charge in [0.15, 0.2) is 5.75 Å². The van der Waals surface area contributed by atoms with Gasteiger partial charge in [-0.15, -0.1) is 0 Å². The summed E-state index contributed by atoms with van der Waals surface area (Å²) in [4.78, 5) is 27.1. The third-order valence-electron chi connectivity index (χ3n) is 3.53. The van der Waals surface area contributed by atoms with Crippen LogP contribution in [-0.2, 0) is 4.79 Å². The standard InChI is InChI=1S/C18H12ClF2NO4/c1-9(23)25-17-13-7-4-11(19)8-14(13)22-15(17)16(24)10-2-5-12(6-3-10)26-18(20)21/h2-8,18,22H,1H3. The summed E-state index contributed by atoms with van der Waals surface area (Å²) in [7, 11) is 0. The van der Waals surface area contributed by atoms with Gasteiger partial charge in [-0.3, -0.25) is 9.59 Å². The Balaban J connectivity index is 2.03. The molecule has 3 rings (SSSR count). The molecule has 1 heterocycles. The van der Waals surface area contributed by atoms with Crippen molar-refractivity contribution in [2.24, 2.45) is 0 Å². The molecule has 1 N–H and O–H groups in total. The van der Waals surface area contributed by atoms with E-state index in [1.54, 1.807) is 18.2 Å². The highest BCUT2D eigenvalue weighted by atomic mass is 35.5. The van der Waals surface area contributed by atoms with Gasteiger partial charge >= 0.3 is 12.6 Å². The van der Waals surface area contributed by atoms with E-state index in [0.29, 0.717) is 15.9 Å². The highest BCUT2D eigenvalue weighted by Gasteiger charge is 2.22. The number of hydrogen-bond donors (Lipinski definition) is 1. The number of hydrogen-bond acceptors (Lipinski definition) is 4. The van der Waals surface area contributed by atoms with Crippen molar-refractivity contribution in [2.45, 2.75) is 13.5 Å².